The second-order valence-corrected chi connectivity index (χ2v) is 3.87. The van der Waals surface area contributed by atoms with Crippen LogP contribution in [0.15, 0.2) is 24.3 Å². The second-order valence-electron chi connectivity index (χ2n) is 3.87. The molecule has 0 aliphatic carbocycles. The SMILES string of the molecule is CCc1ccccc1CC(CN)C(=O)NC. The highest BCUT2D eigenvalue weighted by molar-refractivity contribution is 5.78. The lowest BCUT2D eigenvalue weighted by Crippen LogP contribution is -2.34. The Balaban J connectivity index is 2.81. The maximum Gasteiger partial charge on any atom is 0.224 e. The van der Waals surface area contributed by atoms with E-state index in [1.807, 2.05) is 12.1 Å². The van der Waals surface area contributed by atoms with E-state index in [1.54, 1.807) is 7.05 Å². The fraction of sp³-hybridized carbons (Fsp3) is 0.462. The van der Waals surface area contributed by atoms with E-state index in [0.29, 0.717) is 6.54 Å². The molecule has 0 saturated heterocycles. The van der Waals surface area contributed by atoms with Crippen molar-refractivity contribution in [3.05, 3.63) is 35.4 Å². The van der Waals surface area contributed by atoms with Gasteiger partial charge in [0, 0.05) is 13.6 Å². The summed E-state index contributed by atoms with van der Waals surface area (Å²) in [4.78, 5) is 11.6. The van der Waals surface area contributed by atoms with Crippen LogP contribution >= 0.6 is 0 Å². The molecule has 0 radical (unpaired) electrons. The van der Waals surface area contributed by atoms with Gasteiger partial charge in [0.05, 0.1) is 5.92 Å². The predicted octanol–water partition coefficient (Wildman–Crippen LogP) is 1.11. The molecule has 1 unspecified atom stereocenters. The molecule has 0 aromatic heterocycles. The normalized spacial score (nSPS) is 12.2. The average molecular weight is 220 g/mol. The highest BCUT2D eigenvalue weighted by atomic mass is 16.1. The lowest BCUT2D eigenvalue weighted by Gasteiger charge is -2.15. The first-order chi connectivity index (χ1) is 7.72. The lowest BCUT2D eigenvalue weighted by molar-refractivity contribution is -0.124. The molecule has 1 rings (SSSR count). The van der Waals surface area contributed by atoms with Crippen molar-refractivity contribution in [2.75, 3.05) is 13.6 Å². The van der Waals surface area contributed by atoms with Gasteiger partial charge in [-0.05, 0) is 24.0 Å². The van der Waals surface area contributed by atoms with Gasteiger partial charge in [-0.2, -0.15) is 0 Å². The zero-order valence-electron chi connectivity index (χ0n) is 9.99. The Morgan fingerprint density at radius 3 is 2.50 bits per heavy atom. The number of benzene rings is 1. The molecule has 1 atom stereocenters. The van der Waals surface area contributed by atoms with Crippen molar-refractivity contribution in [2.45, 2.75) is 19.8 Å². The number of hydrogen-bond acceptors (Lipinski definition) is 2. The van der Waals surface area contributed by atoms with E-state index < -0.39 is 0 Å². The van der Waals surface area contributed by atoms with E-state index in [0.717, 1.165) is 12.8 Å². The number of aryl methyl sites for hydroxylation is 1. The standard InChI is InChI=1S/C13H20N2O/c1-3-10-6-4-5-7-11(10)8-12(9-14)13(16)15-2/h4-7,12H,3,8-9,14H2,1-2H3,(H,15,16). The molecule has 16 heavy (non-hydrogen) atoms. The van der Waals surface area contributed by atoms with Crippen LogP contribution in [0.25, 0.3) is 0 Å². The third kappa shape index (κ3) is 3.07. The van der Waals surface area contributed by atoms with Crippen LogP contribution in [0.3, 0.4) is 0 Å². The smallest absolute Gasteiger partial charge is 0.224 e. The van der Waals surface area contributed by atoms with E-state index in [-0.39, 0.29) is 11.8 Å². The largest absolute Gasteiger partial charge is 0.359 e. The third-order valence-electron chi connectivity index (χ3n) is 2.87. The summed E-state index contributed by atoms with van der Waals surface area (Å²) >= 11 is 0. The van der Waals surface area contributed by atoms with Crippen molar-refractivity contribution >= 4 is 5.91 Å². The van der Waals surface area contributed by atoms with Crippen molar-refractivity contribution in [1.29, 1.82) is 0 Å². The van der Waals surface area contributed by atoms with E-state index >= 15 is 0 Å². The van der Waals surface area contributed by atoms with Crippen LogP contribution in [0, 0.1) is 5.92 Å². The van der Waals surface area contributed by atoms with Crippen LogP contribution in [-0.4, -0.2) is 19.5 Å². The minimum atomic E-state index is -0.127. The van der Waals surface area contributed by atoms with Crippen molar-refractivity contribution < 1.29 is 4.79 Å². The molecule has 0 aliphatic rings. The topological polar surface area (TPSA) is 55.1 Å². The molecule has 0 heterocycles. The van der Waals surface area contributed by atoms with E-state index in [9.17, 15) is 4.79 Å². The maximum absolute atomic E-state index is 11.6. The highest BCUT2D eigenvalue weighted by Gasteiger charge is 2.16. The molecule has 0 saturated carbocycles. The molecule has 0 fully saturated rings. The number of amides is 1. The van der Waals surface area contributed by atoms with Gasteiger partial charge in [-0.15, -0.1) is 0 Å². The van der Waals surface area contributed by atoms with E-state index in [2.05, 4.69) is 24.4 Å². The Morgan fingerprint density at radius 2 is 2.00 bits per heavy atom. The van der Waals surface area contributed by atoms with Gasteiger partial charge in [-0.3, -0.25) is 4.79 Å². The Hall–Kier alpha value is -1.35. The lowest BCUT2D eigenvalue weighted by atomic mass is 9.94. The van der Waals surface area contributed by atoms with Crippen LogP contribution in [0.2, 0.25) is 0 Å². The molecular weight excluding hydrogens is 200 g/mol. The molecule has 1 aromatic rings. The third-order valence-corrected chi connectivity index (χ3v) is 2.87. The Bertz CT molecular complexity index is 350. The second kappa shape index (κ2) is 6.28. The molecule has 1 aromatic carbocycles. The van der Waals surface area contributed by atoms with Crippen LogP contribution in [0.1, 0.15) is 18.1 Å². The summed E-state index contributed by atoms with van der Waals surface area (Å²) in [6, 6.07) is 8.21. The van der Waals surface area contributed by atoms with Gasteiger partial charge in [-0.25, -0.2) is 0 Å². The van der Waals surface area contributed by atoms with Gasteiger partial charge in [0.1, 0.15) is 0 Å². The van der Waals surface area contributed by atoms with Crippen molar-refractivity contribution in [3.8, 4) is 0 Å². The average Bonchev–Trinajstić information content (AvgIpc) is 2.35. The van der Waals surface area contributed by atoms with Crippen molar-refractivity contribution in [3.63, 3.8) is 0 Å². The summed E-state index contributed by atoms with van der Waals surface area (Å²) in [6.45, 7) is 2.51. The van der Waals surface area contributed by atoms with E-state index in [4.69, 9.17) is 5.73 Å². The number of carbonyl (C=O) groups is 1. The molecule has 0 bridgehead atoms. The van der Waals surface area contributed by atoms with Crippen LogP contribution in [0.4, 0.5) is 0 Å². The van der Waals surface area contributed by atoms with E-state index in [1.165, 1.54) is 11.1 Å². The minimum absolute atomic E-state index is 0.0217. The van der Waals surface area contributed by atoms with Gasteiger partial charge in [0.2, 0.25) is 5.91 Å². The monoisotopic (exact) mass is 220 g/mol. The molecule has 0 aliphatic heterocycles. The van der Waals surface area contributed by atoms with Gasteiger partial charge in [0.25, 0.3) is 0 Å². The molecule has 3 N–H and O–H groups in total. The first-order valence-electron chi connectivity index (χ1n) is 5.71. The Labute approximate surface area is 97.0 Å². The number of carbonyl (C=O) groups excluding carboxylic acids is 1. The Kier molecular flexibility index (Phi) is 4.99. The quantitative estimate of drug-likeness (QED) is 0.781. The minimum Gasteiger partial charge on any atom is -0.359 e. The summed E-state index contributed by atoms with van der Waals surface area (Å²) < 4.78 is 0. The predicted molar refractivity (Wildman–Crippen MR) is 66.1 cm³/mol. The molecule has 3 nitrogen and oxygen atoms in total. The first kappa shape index (κ1) is 12.7. The van der Waals surface area contributed by atoms with Crippen LogP contribution < -0.4 is 11.1 Å². The number of hydrogen-bond donors (Lipinski definition) is 2. The van der Waals surface area contributed by atoms with Crippen molar-refractivity contribution in [1.82, 2.24) is 5.32 Å². The molecule has 3 heteroatoms. The summed E-state index contributed by atoms with van der Waals surface area (Å²) in [5.74, 6) is -0.105. The van der Waals surface area contributed by atoms with Gasteiger partial charge in [-0.1, -0.05) is 31.2 Å². The van der Waals surface area contributed by atoms with Crippen molar-refractivity contribution in [2.24, 2.45) is 11.7 Å². The molecular formula is C13H20N2O. The summed E-state index contributed by atoms with van der Waals surface area (Å²) in [7, 11) is 1.65. The maximum atomic E-state index is 11.6. The summed E-state index contributed by atoms with van der Waals surface area (Å²) in [5.41, 5.74) is 8.15. The summed E-state index contributed by atoms with van der Waals surface area (Å²) in [5, 5.41) is 2.65. The highest BCUT2D eigenvalue weighted by Crippen LogP contribution is 2.14. The fourth-order valence-corrected chi connectivity index (χ4v) is 1.85. The van der Waals surface area contributed by atoms with Gasteiger partial charge < -0.3 is 11.1 Å². The fourth-order valence-electron chi connectivity index (χ4n) is 1.85. The van der Waals surface area contributed by atoms with Gasteiger partial charge >= 0.3 is 0 Å². The zero-order chi connectivity index (χ0) is 12.0. The molecule has 88 valence electrons. The first-order valence-corrected chi connectivity index (χ1v) is 5.71. The zero-order valence-corrected chi connectivity index (χ0v) is 9.99. The number of nitrogens with one attached hydrogen (secondary N) is 1. The number of nitrogens with two attached hydrogens (primary N) is 1. The van der Waals surface area contributed by atoms with Crippen LogP contribution in [0.5, 0.6) is 0 Å². The van der Waals surface area contributed by atoms with Gasteiger partial charge in [0.15, 0.2) is 0 Å². The molecule has 1 amide bonds. The summed E-state index contributed by atoms with van der Waals surface area (Å²) in [6.07, 6.45) is 1.71. The number of rotatable bonds is 5. The Morgan fingerprint density at radius 1 is 1.38 bits per heavy atom. The van der Waals surface area contributed by atoms with Crippen LogP contribution in [-0.2, 0) is 17.6 Å². The molecule has 0 spiro atoms.